The summed E-state index contributed by atoms with van der Waals surface area (Å²) < 4.78 is 5.33. The third-order valence-electron chi connectivity index (χ3n) is 3.45. The molecule has 0 unspecified atom stereocenters. The molecule has 0 radical (unpaired) electrons. The molecule has 7 heteroatoms. The summed E-state index contributed by atoms with van der Waals surface area (Å²) in [6.45, 7) is 3.99. The van der Waals surface area contributed by atoms with Crippen LogP contribution in [-0.4, -0.2) is 54.8 Å². The predicted octanol–water partition coefficient (Wildman–Crippen LogP) is 1.21. The van der Waals surface area contributed by atoms with E-state index in [2.05, 4.69) is 24.8 Å². The van der Waals surface area contributed by atoms with Crippen LogP contribution in [0.15, 0.2) is 0 Å². The van der Waals surface area contributed by atoms with E-state index in [-0.39, 0.29) is 5.28 Å². The van der Waals surface area contributed by atoms with Gasteiger partial charge in [0.15, 0.2) is 0 Å². The minimum atomic E-state index is 0.258. The number of anilines is 2. The molecule has 0 N–H and O–H groups in total. The second-order valence-electron chi connectivity index (χ2n) is 5.13. The Morgan fingerprint density at radius 1 is 1.26 bits per heavy atom. The largest absolute Gasteiger partial charge is 0.378 e. The molecule has 3 rings (SSSR count). The van der Waals surface area contributed by atoms with Crippen molar-refractivity contribution < 1.29 is 4.74 Å². The molecule has 2 aliphatic rings. The third kappa shape index (κ3) is 3.25. The molecule has 2 heterocycles. The van der Waals surface area contributed by atoms with E-state index in [1.807, 2.05) is 7.05 Å². The zero-order chi connectivity index (χ0) is 13.2. The highest BCUT2D eigenvalue weighted by atomic mass is 35.5. The number of nitrogens with zero attached hydrogens (tertiary/aromatic N) is 5. The van der Waals surface area contributed by atoms with Gasteiger partial charge in [0, 0.05) is 26.7 Å². The first-order valence-corrected chi connectivity index (χ1v) is 7.05. The summed E-state index contributed by atoms with van der Waals surface area (Å²) in [6.07, 6.45) is 2.61. The maximum absolute atomic E-state index is 6.02. The van der Waals surface area contributed by atoms with Crippen LogP contribution in [0, 0.1) is 5.92 Å². The van der Waals surface area contributed by atoms with Gasteiger partial charge in [-0.3, -0.25) is 0 Å². The molecule has 0 spiro atoms. The van der Waals surface area contributed by atoms with Gasteiger partial charge in [0.25, 0.3) is 0 Å². The fraction of sp³-hybridized carbons (Fsp3) is 0.750. The van der Waals surface area contributed by atoms with Crippen molar-refractivity contribution in [3.8, 4) is 0 Å². The Hall–Kier alpha value is -1.14. The number of ether oxygens (including phenoxy) is 1. The second-order valence-corrected chi connectivity index (χ2v) is 5.47. The van der Waals surface area contributed by atoms with Crippen LogP contribution in [0.5, 0.6) is 0 Å². The molecule has 0 atom stereocenters. The van der Waals surface area contributed by atoms with Gasteiger partial charge in [0.1, 0.15) is 0 Å². The average molecular weight is 284 g/mol. The van der Waals surface area contributed by atoms with Crippen molar-refractivity contribution in [2.24, 2.45) is 5.92 Å². The fourth-order valence-corrected chi connectivity index (χ4v) is 2.33. The van der Waals surface area contributed by atoms with E-state index in [1.165, 1.54) is 12.8 Å². The van der Waals surface area contributed by atoms with Gasteiger partial charge in [-0.05, 0) is 30.4 Å². The van der Waals surface area contributed by atoms with Gasteiger partial charge >= 0.3 is 0 Å². The van der Waals surface area contributed by atoms with E-state index >= 15 is 0 Å². The Balaban J connectivity index is 1.77. The normalized spacial score (nSPS) is 19.6. The monoisotopic (exact) mass is 283 g/mol. The molecular weight excluding hydrogens is 266 g/mol. The van der Waals surface area contributed by atoms with Crippen molar-refractivity contribution in [1.29, 1.82) is 0 Å². The van der Waals surface area contributed by atoms with Crippen molar-refractivity contribution in [3.05, 3.63) is 5.28 Å². The maximum atomic E-state index is 6.02. The first-order valence-electron chi connectivity index (χ1n) is 6.68. The summed E-state index contributed by atoms with van der Waals surface area (Å²) in [5.41, 5.74) is 0. The van der Waals surface area contributed by atoms with Crippen molar-refractivity contribution in [2.75, 3.05) is 49.7 Å². The topological polar surface area (TPSA) is 54.4 Å². The zero-order valence-electron chi connectivity index (χ0n) is 11.0. The lowest BCUT2D eigenvalue weighted by Crippen LogP contribution is -2.37. The molecule has 1 aliphatic carbocycles. The van der Waals surface area contributed by atoms with Gasteiger partial charge in [-0.2, -0.15) is 15.0 Å². The van der Waals surface area contributed by atoms with Crippen LogP contribution in [0.2, 0.25) is 5.28 Å². The highest BCUT2D eigenvalue weighted by Crippen LogP contribution is 2.30. The smallest absolute Gasteiger partial charge is 0.231 e. The van der Waals surface area contributed by atoms with Crippen LogP contribution >= 0.6 is 11.6 Å². The zero-order valence-corrected chi connectivity index (χ0v) is 11.8. The van der Waals surface area contributed by atoms with E-state index in [4.69, 9.17) is 16.3 Å². The lowest BCUT2D eigenvalue weighted by Gasteiger charge is -2.27. The molecule has 0 aromatic carbocycles. The standard InChI is InChI=1S/C12H18ClN5O/c1-17(8-9-2-3-9)11-14-10(13)15-12(16-11)18-4-6-19-7-5-18/h9H,2-8H2,1H3. The number of morpholine rings is 1. The molecule has 0 amide bonds. The van der Waals surface area contributed by atoms with Crippen LogP contribution in [0.1, 0.15) is 12.8 Å². The van der Waals surface area contributed by atoms with E-state index in [0.29, 0.717) is 25.1 Å². The summed E-state index contributed by atoms with van der Waals surface area (Å²) in [6, 6.07) is 0. The van der Waals surface area contributed by atoms with Crippen LogP contribution in [-0.2, 0) is 4.74 Å². The molecule has 1 saturated carbocycles. The van der Waals surface area contributed by atoms with Gasteiger partial charge in [0.05, 0.1) is 13.2 Å². The molecule has 0 bridgehead atoms. The summed E-state index contributed by atoms with van der Waals surface area (Å²) in [5.74, 6) is 2.10. The summed E-state index contributed by atoms with van der Waals surface area (Å²) in [5, 5.41) is 0.258. The summed E-state index contributed by atoms with van der Waals surface area (Å²) in [4.78, 5) is 17.1. The first kappa shape index (κ1) is 12.9. The summed E-state index contributed by atoms with van der Waals surface area (Å²) >= 11 is 6.02. The molecule has 1 aromatic heterocycles. The Labute approximate surface area is 117 Å². The highest BCUT2D eigenvalue weighted by molar-refractivity contribution is 6.28. The first-order chi connectivity index (χ1) is 9.22. The number of hydrogen-bond acceptors (Lipinski definition) is 6. The van der Waals surface area contributed by atoms with Crippen molar-refractivity contribution in [1.82, 2.24) is 15.0 Å². The van der Waals surface area contributed by atoms with Gasteiger partial charge in [-0.15, -0.1) is 0 Å². The number of halogens is 1. The molecular formula is C12H18ClN5O. The lowest BCUT2D eigenvalue weighted by molar-refractivity contribution is 0.122. The Morgan fingerprint density at radius 2 is 2.00 bits per heavy atom. The van der Waals surface area contributed by atoms with Crippen LogP contribution < -0.4 is 9.80 Å². The van der Waals surface area contributed by atoms with Gasteiger partial charge in [-0.25, -0.2) is 0 Å². The molecule has 1 saturated heterocycles. The number of hydrogen-bond donors (Lipinski definition) is 0. The second kappa shape index (κ2) is 5.46. The predicted molar refractivity (Wildman–Crippen MR) is 73.9 cm³/mol. The van der Waals surface area contributed by atoms with Crippen molar-refractivity contribution >= 4 is 23.5 Å². The number of rotatable bonds is 4. The Kier molecular flexibility index (Phi) is 3.70. The molecule has 1 aliphatic heterocycles. The van der Waals surface area contributed by atoms with Gasteiger partial charge in [0.2, 0.25) is 17.2 Å². The Bertz CT molecular complexity index is 448. The molecule has 19 heavy (non-hydrogen) atoms. The molecule has 104 valence electrons. The van der Waals surface area contributed by atoms with E-state index in [1.54, 1.807) is 0 Å². The van der Waals surface area contributed by atoms with Crippen molar-refractivity contribution in [3.63, 3.8) is 0 Å². The molecule has 2 fully saturated rings. The molecule has 1 aromatic rings. The Morgan fingerprint density at radius 3 is 2.68 bits per heavy atom. The number of aromatic nitrogens is 3. The minimum absolute atomic E-state index is 0.258. The van der Waals surface area contributed by atoms with E-state index in [9.17, 15) is 0 Å². The van der Waals surface area contributed by atoms with Crippen LogP contribution in [0.25, 0.3) is 0 Å². The van der Waals surface area contributed by atoms with Crippen molar-refractivity contribution in [2.45, 2.75) is 12.8 Å². The molecule has 6 nitrogen and oxygen atoms in total. The van der Waals surface area contributed by atoms with Crippen LogP contribution in [0.4, 0.5) is 11.9 Å². The fourth-order valence-electron chi connectivity index (χ4n) is 2.17. The minimum Gasteiger partial charge on any atom is -0.378 e. The van der Waals surface area contributed by atoms with E-state index in [0.717, 1.165) is 25.6 Å². The van der Waals surface area contributed by atoms with Crippen LogP contribution in [0.3, 0.4) is 0 Å². The lowest BCUT2D eigenvalue weighted by atomic mass is 10.4. The quantitative estimate of drug-likeness (QED) is 0.828. The SMILES string of the molecule is CN(CC1CC1)c1nc(Cl)nc(N2CCOCC2)n1. The third-order valence-corrected chi connectivity index (χ3v) is 3.62. The van der Waals surface area contributed by atoms with Gasteiger partial charge < -0.3 is 14.5 Å². The summed E-state index contributed by atoms with van der Waals surface area (Å²) in [7, 11) is 2.01. The maximum Gasteiger partial charge on any atom is 0.231 e. The average Bonchev–Trinajstić information content (AvgIpc) is 3.23. The van der Waals surface area contributed by atoms with E-state index < -0.39 is 0 Å². The highest BCUT2D eigenvalue weighted by Gasteiger charge is 2.25. The van der Waals surface area contributed by atoms with Gasteiger partial charge in [-0.1, -0.05) is 0 Å².